The number of hydrogen-bond donors (Lipinski definition) is 0. The molecule has 0 saturated heterocycles. The van der Waals surface area contributed by atoms with Crippen molar-refractivity contribution in [2.45, 2.75) is 18.8 Å². The van der Waals surface area contributed by atoms with E-state index in [0.29, 0.717) is 38.3 Å². The Hall–Kier alpha value is -4.49. The van der Waals surface area contributed by atoms with Gasteiger partial charge in [-0.1, -0.05) is 53.9 Å². The Bertz CT molecular complexity index is 2130. The molecule has 48 heavy (non-hydrogen) atoms. The molecular weight excluding hydrogens is 785 g/mol. The number of halogens is 6. The molecule has 0 spiro atoms. The van der Waals surface area contributed by atoms with E-state index in [1.165, 1.54) is 68.1 Å². The van der Waals surface area contributed by atoms with E-state index in [-0.39, 0.29) is 0 Å². The van der Waals surface area contributed by atoms with Gasteiger partial charge in [-0.05, 0) is 28.5 Å². The molecule has 7 aromatic carbocycles. The van der Waals surface area contributed by atoms with Crippen LogP contribution in [0.2, 0.25) is 0 Å². The van der Waals surface area contributed by atoms with Crippen LogP contribution < -0.4 is 0 Å². The van der Waals surface area contributed by atoms with Gasteiger partial charge in [0.2, 0.25) is 0 Å². The van der Waals surface area contributed by atoms with Gasteiger partial charge in [0.25, 0.3) is 0 Å². The zero-order valence-corrected chi connectivity index (χ0v) is 28.9. The van der Waals surface area contributed by atoms with E-state index < -0.39 is 23.5 Å². The van der Waals surface area contributed by atoms with Gasteiger partial charge in [-0.2, -0.15) is 18.2 Å². The Labute approximate surface area is 288 Å². The van der Waals surface area contributed by atoms with Crippen molar-refractivity contribution >= 4 is 24.8 Å². The van der Waals surface area contributed by atoms with Crippen LogP contribution >= 0.6 is 0 Å². The monoisotopic (exact) mass is 812 g/mol. The van der Waals surface area contributed by atoms with E-state index >= 15 is 0 Å². The maximum Gasteiger partial charge on any atom is -0.0240 e. The van der Waals surface area contributed by atoms with Gasteiger partial charge >= 0.3 is 137 Å². The van der Waals surface area contributed by atoms with E-state index in [0.717, 1.165) is 30.7 Å². The molecule has 0 saturated carbocycles. The molecule has 0 nitrogen and oxygen atoms in total. The van der Waals surface area contributed by atoms with E-state index in [1.807, 2.05) is 36.4 Å². The topological polar surface area (TPSA) is 0 Å². The summed E-state index contributed by atoms with van der Waals surface area (Å²) in [5, 5.41) is 5.30. The Morgan fingerprint density at radius 2 is 1.17 bits per heavy atom. The van der Waals surface area contributed by atoms with Gasteiger partial charge in [-0.15, -0.1) is 40.6 Å². The van der Waals surface area contributed by atoms with Crippen molar-refractivity contribution in [3.63, 3.8) is 0 Å². The normalized spacial score (nSPS) is 12.0. The Morgan fingerprint density at radius 3 is 1.75 bits per heavy atom. The summed E-state index contributed by atoms with van der Waals surface area (Å²) in [5.74, 6) is 0. The van der Waals surface area contributed by atoms with Crippen molar-refractivity contribution in [2.24, 2.45) is 0 Å². The van der Waals surface area contributed by atoms with Crippen LogP contribution in [0.15, 0.2) is 146 Å². The molecule has 0 heterocycles. The summed E-state index contributed by atoms with van der Waals surface area (Å²) in [6.45, 7) is 0. The first-order valence-corrected chi connectivity index (χ1v) is 16.8. The van der Waals surface area contributed by atoms with E-state index in [9.17, 15) is 26.3 Å². The third kappa shape index (κ3) is 7.16. The van der Waals surface area contributed by atoms with Crippen molar-refractivity contribution in [3.8, 4) is 11.1 Å². The maximum atomic E-state index is 12.7. The molecule has 0 fully saturated rings. The quantitative estimate of drug-likeness (QED) is 0.0706. The molecule has 236 valence electrons. The largest absolute Gasteiger partial charge is 0.214 e. The molecule has 0 aromatic heterocycles. The first kappa shape index (κ1) is 33.4. The summed E-state index contributed by atoms with van der Waals surface area (Å²) in [5.41, 5.74) is 4.63. The Kier molecular flexibility index (Phi) is 9.70. The Morgan fingerprint density at radius 1 is 0.604 bits per heavy atom. The van der Waals surface area contributed by atoms with Crippen LogP contribution in [0.3, 0.4) is 0 Å². The molecule has 0 radical (unpaired) electrons. The molecule has 0 unspecified atom stereocenters. The van der Waals surface area contributed by atoms with Crippen LogP contribution in [-0.2, 0) is 42.7 Å². The summed E-state index contributed by atoms with van der Waals surface area (Å²) < 4.78 is 76.7. The molecule has 1 aliphatic carbocycles. The maximum absolute atomic E-state index is 12.7. The third-order valence-electron chi connectivity index (χ3n) is 8.11. The molecule has 0 amide bonds. The van der Waals surface area contributed by atoms with Crippen molar-refractivity contribution in [1.29, 1.82) is 0 Å². The number of hydrogen-bond acceptors (Lipinski definition) is 0. The zero-order valence-electron chi connectivity index (χ0n) is 25.3. The smallest absolute Gasteiger partial charge is 0.0240 e. The molecule has 0 N–H and O–H groups in total. The van der Waals surface area contributed by atoms with Crippen LogP contribution in [0.25, 0.3) is 32.7 Å². The van der Waals surface area contributed by atoms with Gasteiger partial charge in [0.1, 0.15) is 0 Å². The molecule has 7 heteroatoms. The minimum absolute atomic E-state index is 0.292. The molecule has 8 rings (SSSR count). The van der Waals surface area contributed by atoms with E-state index in [2.05, 4.69) is 66.7 Å². The number of benzene rings is 6. The van der Waals surface area contributed by atoms with Gasteiger partial charge in [0, 0.05) is 0 Å². The van der Waals surface area contributed by atoms with Crippen LogP contribution in [0.1, 0.15) is 33.4 Å². The van der Waals surface area contributed by atoms with Gasteiger partial charge < -0.3 is 0 Å². The zero-order chi connectivity index (χ0) is 33.9. The van der Waals surface area contributed by atoms with Crippen molar-refractivity contribution in [1.82, 2.24) is 0 Å². The summed E-state index contributed by atoms with van der Waals surface area (Å²) in [6.07, 6.45) is -7.94. The molecule has 0 aliphatic heterocycles. The molecule has 0 atom stereocenters. The van der Waals surface area contributed by atoms with Crippen LogP contribution in [0, 0.1) is 6.07 Å². The summed E-state index contributed by atoms with van der Waals surface area (Å²) in [6, 6.07) is 46.6. The van der Waals surface area contributed by atoms with Crippen molar-refractivity contribution in [2.75, 3.05) is 0 Å². The van der Waals surface area contributed by atoms with Crippen molar-refractivity contribution in [3.05, 3.63) is 185 Å². The second-order valence-electron chi connectivity index (χ2n) is 11.2. The fourth-order valence-electron chi connectivity index (χ4n) is 5.92. The number of rotatable bonds is 2. The van der Waals surface area contributed by atoms with Crippen LogP contribution in [0.4, 0.5) is 26.3 Å². The second-order valence-corrected chi connectivity index (χ2v) is 13.0. The van der Waals surface area contributed by atoms with Crippen LogP contribution in [0.5, 0.6) is 0 Å². The third-order valence-corrected chi connectivity index (χ3v) is 10.2. The van der Waals surface area contributed by atoms with Gasteiger partial charge in [0.05, 0.1) is 0 Å². The number of alkyl halides is 6. The molecule has 1 aliphatic rings. The SMILES string of the molecule is FC(F)(F)c1cccc([C](=[Hf+2])c2cccc(C(F)(F)F)c2)c1.[c-]1cccc2c1c1c(c3ccccc32)-c2ccccc2C1.c1cc[cH-]c1. The Balaban J connectivity index is 0.000000146. The average molecular weight is 811 g/mol. The van der Waals surface area contributed by atoms with Crippen LogP contribution in [-0.4, -0.2) is 3.26 Å². The average Bonchev–Trinajstić information content (AvgIpc) is 3.81. The molecule has 0 bridgehead atoms. The minimum atomic E-state index is -4.48. The summed E-state index contributed by atoms with van der Waals surface area (Å²) >= 11 is 0.316. The molecular formula is C41H26F6Hf. The van der Waals surface area contributed by atoms with E-state index in [1.54, 1.807) is 0 Å². The fraction of sp³-hybridized carbons (Fsp3) is 0.0732. The molecule has 7 aromatic rings. The van der Waals surface area contributed by atoms with Crippen molar-refractivity contribution < 1.29 is 50.2 Å². The number of fused-ring (bicyclic) bond motifs is 8. The second kappa shape index (κ2) is 13.9. The standard InChI is InChI=1S/C21H13.C15H8F6.C5H5.Hf/c1-2-8-15-14(7-1)13-20-18-11-4-3-9-16(18)17-10-5-6-12-19(17)21(15)20;16-14(17,18)12-5-1-3-10(8-12)7-11-4-2-6-13(9-11)15(19,20)21;1-2-4-5-3-1;/h1-10,12H,13H2;1-6,8-9H;1-5H;/q-1;;-1;+2. The first-order chi connectivity index (χ1) is 23.0. The van der Waals surface area contributed by atoms with Gasteiger partial charge in [-0.25, -0.2) is 12.1 Å². The predicted octanol–water partition coefficient (Wildman–Crippen LogP) is 11.6. The van der Waals surface area contributed by atoms with E-state index in [4.69, 9.17) is 0 Å². The fourth-order valence-corrected chi connectivity index (χ4v) is 7.03. The van der Waals surface area contributed by atoms with Gasteiger partial charge in [-0.3, -0.25) is 0 Å². The summed E-state index contributed by atoms with van der Waals surface area (Å²) in [4.78, 5) is 0. The van der Waals surface area contributed by atoms with Gasteiger partial charge in [0.15, 0.2) is 0 Å². The first-order valence-electron chi connectivity index (χ1n) is 15.0. The minimum Gasteiger partial charge on any atom is -0.214 e. The summed E-state index contributed by atoms with van der Waals surface area (Å²) in [7, 11) is 0. The predicted molar refractivity (Wildman–Crippen MR) is 177 cm³/mol.